The molecule has 1 atom stereocenters. The molecule has 0 rings (SSSR count). The summed E-state index contributed by atoms with van der Waals surface area (Å²) < 4.78 is 66.7. The van der Waals surface area contributed by atoms with E-state index in [9.17, 15) is 26.7 Å². The van der Waals surface area contributed by atoms with Crippen LogP contribution in [0.2, 0.25) is 0 Å². The molecule has 0 spiro atoms. The first kappa shape index (κ1) is 22.5. The highest BCUT2D eigenvalue weighted by Crippen LogP contribution is 2.39. The van der Waals surface area contributed by atoms with Crippen LogP contribution in [0.15, 0.2) is 0 Å². The molecule has 0 aromatic rings. The average Bonchev–Trinajstić information content (AvgIpc) is 2.34. The van der Waals surface area contributed by atoms with E-state index in [1.165, 1.54) is 11.8 Å². The van der Waals surface area contributed by atoms with Crippen LogP contribution in [0.1, 0.15) is 53.4 Å². The van der Waals surface area contributed by atoms with Gasteiger partial charge in [0.25, 0.3) is 0 Å². The molecule has 0 amide bonds. The molecule has 0 aliphatic carbocycles. The minimum absolute atomic E-state index is 0.194. The Kier molecular flexibility index (Phi) is 9.47. The highest BCUT2D eigenvalue weighted by atomic mass is 32.2. The number of hydrogen-bond donors (Lipinski definition) is 0. The van der Waals surface area contributed by atoms with Crippen molar-refractivity contribution in [3.63, 3.8) is 0 Å². The number of thioether (sulfide) groups is 1. The molecule has 0 aliphatic heterocycles. The Labute approximate surface area is 138 Å². The van der Waals surface area contributed by atoms with Gasteiger partial charge in [0.15, 0.2) is 0 Å². The number of carbonyl (C=O) groups is 1. The van der Waals surface area contributed by atoms with E-state index in [2.05, 4.69) is 0 Å². The third-order valence-corrected chi connectivity index (χ3v) is 4.23. The molecule has 2 nitrogen and oxygen atoms in total. The summed E-state index contributed by atoms with van der Waals surface area (Å²) in [6.07, 6.45) is -6.44. The van der Waals surface area contributed by atoms with Gasteiger partial charge >= 0.3 is 18.1 Å². The van der Waals surface area contributed by atoms with Gasteiger partial charge in [0.05, 0.1) is 6.10 Å². The fraction of sp³-hybridized carbons (Fsp3) is 0.933. The third-order valence-electron chi connectivity index (χ3n) is 2.92. The Balaban J connectivity index is 4.25. The molecule has 0 aliphatic rings. The average molecular weight is 364 g/mol. The van der Waals surface area contributed by atoms with Crippen molar-refractivity contribution in [2.45, 2.75) is 76.8 Å². The van der Waals surface area contributed by atoms with E-state index in [1.807, 2.05) is 13.8 Å². The van der Waals surface area contributed by atoms with E-state index in [-0.39, 0.29) is 30.8 Å². The Bertz CT molecular complexity index is 356. The maximum atomic E-state index is 12.8. The molecule has 0 heterocycles. The lowest BCUT2D eigenvalue weighted by molar-refractivity contribution is -0.284. The molecule has 23 heavy (non-hydrogen) atoms. The van der Waals surface area contributed by atoms with Crippen molar-refractivity contribution in [2.75, 3.05) is 5.75 Å². The van der Waals surface area contributed by atoms with E-state index >= 15 is 0 Å². The number of ether oxygens (including phenoxy) is 1. The standard InChI is InChI=1S/C15H25F5O2S/c1-10(2)9-12(13(21)22-11(3)4)23-8-6-5-7-14(16,17)15(18,19)20/h10-12H,5-9H2,1-4H3. The van der Waals surface area contributed by atoms with Crippen LogP contribution in [0.5, 0.6) is 0 Å². The van der Waals surface area contributed by atoms with Crippen molar-refractivity contribution in [2.24, 2.45) is 5.92 Å². The molecule has 1 unspecified atom stereocenters. The zero-order chi connectivity index (χ0) is 18.3. The van der Waals surface area contributed by atoms with Crippen molar-refractivity contribution in [1.82, 2.24) is 0 Å². The Morgan fingerprint density at radius 2 is 1.61 bits per heavy atom. The van der Waals surface area contributed by atoms with Gasteiger partial charge in [0.1, 0.15) is 5.25 Å². The summed E-state index contributed by atoms with van der Waals surface area (Å²) in [6, 6.07) is 0. The lowest BCUT2D eigenvalue weighted by Crippen LogP contribution is -2.36. The molecule has 0 radical (unpaired) electrons. The Hall–Kier alpha value is -0.530. The molecule has 0 saturated heterocycles. The van der Waals surface area contributed by atoms with Crippen LogP contribution in [0.25, 0.3) is 0 Å². The first-order valence-electron chi connectivity index (χ1n) is 7.63. The van der Waals surface area contributed by atoms with Crippen LogP contribution < -0.4 is 0 Å². The van der Waals surface area contributed by atoms with Crippen LogP contribution in [-0.2, 0) is 9.53 Å². The summed E-state index contributed by atoms with van der Waals surface area (Å²) in [7, 11) is 0. The second kappa shape index (κ2) is 9.69. The van der Waals surface area contributed by atoms with Crippen molar-refractivity contribution in [3.8, 4) is 0 Å². The monoisotopic (exact) mass is 364 g/mol. The molecule has 0 fully saturated rings. The molecular formula is C15H25F5O2S. The van der Waals surface area contributed by atoms with Crippen LogP contribution in [0, 0.1) is 5.92 Å². The molecular weight excluding hydrogens is 339 g/mol. The summed E-state index contributed by atoms with van der Waals surface area (Å²) in [5, 5.41) is -0.416. The lowest BCUT2D eigenvalue weighted by atomic mass is 10.1. The summed E-state index contributed by atoms with van der Waals surface area (Å²) in [5.41, 5.74) is 0. The van der Waals surface area contributed by atoms with Crippen molar-refractivity contribution in [1.29, 1.82) is 0 Å². The predicted molar refractivity (Wildman–Crippen MR) is 81.8 cm³/mol. The Morgan fingerprint density at radius 3 is 2.04 bits per heavy atom. The maximum absolute atomic E-state index is 12.8. The van der Waals surface area contributed by atoms with Gasteiger partial charge in [-0.3, -0.25) is 4.79 Å². The minimum atomic E-state index is -5.50. The second-order valence-corrected chi connectivity index (χ2v) is 7.44. The summed E-state index contributed by atoms with van der Waals surface area (Å²) in [4.78, 5) is 11.9. The molecule has 0 N–H and O–H groups in total. The zero-order valence-electron chi connectivity index (χ0n) is 13.9. The van der Waals surface area contributed by atoms with Gasteiger partial charge in [0.2, 0.25) is 0 Å². The smallest absolute Gasteiger partial charge is 0.453 e. The van der Waals surface area contributed by atoms with Gasteiger partial charge in [0, 0.05) is 6.42 Å². The van der Waals surface area contributed by atoms with Crippen molar-refractivity contribution in [3.05, 3.63) is 0 Å². The molecule has 0 aromatic carbocycles. The third kappa shape index (κ3) is 9.37. The number of hydrogen-bond acceptors (Lipinski definition) is 3. The quantitative estimate of drug-likeness (QED) is 0.293. The van der Waals surface area contributed by atoms with E-state index < -0.39 is 23.8 Å². The molecule has 0 bridgehead atoms. The fourth-order valence-electron chi connectivity index (χ4n) is 1.79. The van der Waals surface area contributed by atoms with E-state index in [4.69, 9.17) is 4.74 Å². The summed E-state index contributed by atoms with van der Waals surface area (Å²) in [5.74, 6) is -4.41. The van der Waals surface area contributed by atoms with Crippen LogP contribution in [0.4, 0.5) is 22.0 Å². The highest BCUT2D eigenvalue weighted by molar-refractivity contribution is 8.00. The van der Waals surface area contributed by atoms with Crippen LogP contribution in [0.3, 0.4) is 0 Å². The molecule has 8 heteroatoms. The minimum Gasteiger partial charge on any atom is -0.462 e. The largest absolute Gasteiger partial charge is 0.462 e. The molecule has 138 valence electrons. The lowest BCUT2D eigenvalue weighted by Gasteiger charge is -2.20. The second-order valence-electron chi connectivity index (χ2n) is 6.13. The van der Waals surface area contributed by atoms with Crippen LogP contribution >= 0.6 is 11.8 Å². The van der Waals surface area contributed by atoms with E-state index in [0.29, 0.717) is 12.2 Å². The maximum Gasteiger partial charge on any atom is 0.453 e. The zero-order valence-corrected chi connectivity index (χ0v) is 14.7. The van der Waals surface area contributed by atoms with E-state index in [0.717, 1.165) is 0 Å². The SMILES string of the molecule is CC(C)CC(SCCCCC(F)(F)C(F)(F)F)C(=O)OC(C)C. The first-order valence-corrected chi connectivity index (χ1v) is 8.68. The Morgan fingerprint density at radius 1 is 1.04 bits per heavy atom. The van der Waals surface area contributed by atoms with E-state index in [1.54, 1.807) is 13.8 Å². The summed E-state index contributed by atoms with van der Waals surface area (Å²) >= 11 is 1.26. The number of rotatable bonds is 10. The van der Waals surface area contributed by atoms with Crippen molar-refractivity contribution >= 4 is 17.7 Å². The van der Waals surface area contributed by atoms with Gasteiger partial charge in [-0.25, -0.2) is 0 Å². The number of esters is 1. The predicted octanol–water partition coefficient (Wildman–Crippen LogP) is 5.45. The fourth-order valence-corrected chi connectivity index (χ4v) is 3.15. The van der Waals surface area contributed by atoms with Crippen molar-refractivity contribution < 1.29 is 31.5 Å². The van der Waals surface area contributed by atoms with Gasteiger partial charge in [-0.15, -0.1) is 11.8 Å². The number of halogens is 5. The van der Waals surface area contributed by atoms with Gasteiger partial charge < -0.3 is 4.74 Å². The first-order chi connectivity index (χ1) is 10.4. The normalized spacial score (nSPS) is 14.4. The van der Waals surface area contributed by atoms with Gasteiger partial charge in [-0.05, 0) is 44.8 Å². The topological polar surface area (TPSA) is 26.3 Å². The molecule has 0 aromatic heterocycles. The molecule has 0 saturated carbocycles. The van der Waals surface area contributed by atoms with Gasteiger partial charge in [-0.1, -0.05) is 13.8 Å². The number of unbranched alkanes of at least 4 members (excludes halogenated alkanes) is 1. The number of alkyl halides is 5. The van der Waals surface area contributed by atoms with Crippen LogP contribution in [-0.4, -0.2) is 35.2 Å². The van der Waals surface area contributed by atoms with Gasteiger partial charge in [-0.2, -0.15) is 22.0 Å². The highest BCUT2D eigenvalue weighted by Gasteiger charge is 2.56. The summed E-state index contributed by atoms with van der Waals surface area (Å²) in [6.45, 7) is 7.35. The number of carbonyl (C=O) groups excluding carboxylic acids is 1.